The van der Waals surface area contributed by atoms with Crippen molar-refractivity contribution in [2.75, 3.05) is 13.2 Å². The molecule has 4 rings (SSSR count). The van der Waals surface area contributed by atoms with Crippen LogP contribution in [0.1, 0.15) is 12.8 Å². The Morgan fingerprint density at radius 1 is 0.861 bits per heavy atom. The van der Waals surface area contributed by atoms with Crippen LogP contribution in [0.25, 0.3) is 0 Å². The molecule has 1 saturated carbocycles. The Balaban J connectivity index is 1.47. The summed E-state index contributed by atoms with van der Waals surface area (Å²) >= 11 is 0. The molecule has 8 N–H and O–H groups in total. The predicted molar refractivity (Wildman–Crippen MR) is 113 cm³/mol. The lowest BCUT2D eigenvalue weighted by Crippen LogP contribution is -2.60. The first-order valence-corrected chi connectivity index (χ1v) is 11.6. The normalized spacial score (nSPS) is 47.1. The largest absolute Gasteiger partial charge is 0.471 e. The number of ether oxygens (including phenoxy) is 5. The van der Waals surface area contributed by atoms with E-state index < -0.39 is 98.7 Å². The number of rotatable bonds is 6. The SMILES string of the molecule is C=C1CCC2C(C(=O)OC3OC(CO)C(O)C(O)C3O)=COC(OC3OC(CO)C(O)C(O)C3O)C12. The summed E-state index contributed by atoms with van der Waals surface area (Å²) in [6.45, 7) is 2.67. The molecule has 3 heterocycles. The zero-order chi connectivity index (χ0) is 26.3. The van der Waals surface area contributed by atoms with Gasteiger partial charge in [-0.25, -0.2) is 4.79 Å². The third-order valence-corrected chi connectivity index (χ3v) is 7.13. The number of carbonyl (C=O) groups excluding carboxylic acids is 1. The molecule has 0 aromatic rings. The van der Waals surface area contributed by atoms with Gasteiger partial charge in [0.15, 0.2) is 6.29 Å². The molecule has 0 aromatic heterocycles. The van der Waals surface area contributed by atoms with E-state index in [0.717, 1.165) is 6.26 Å². The number of aliphatic hydroxyl groups excluding tert-OH is 8. The van der Waals surface area contributed by atoms with Crippen molar-refractivity contribution in [3.8, 4) is 0 Å². The number of hydrogen-bond donors (Lipinski definition) is 8. The Bertz CT molecular complexity index is 845. The summed E-state index contributed by atoms with van der Waals surface area (Å²) in [6, 6.07) is 0. The van der Waals surface area contributed by atoms with E-state index in [1.807, 2.05) is 0 Å². The van der Waals surface area contributed by atoms with Crippen molar-refractivity contribution < 1.29 is 69.3 Å². The lowest BCUT2D eigenvalue weighted by molar-refractivity contribution is -0.339. The average Bonchev–Trinajstić information content (AvgIpc) is 3.26. The van der Waals surface area contributed by atoms with Gasteiger partial charge in [0.05, 0.1) is 25.0 Å². The summed E-state index contributed by atoms with van der Waals surface area (Å²) in [5.41, 5.74) is 0.727. The number of fused-ring (bicyclic) bond motifs is 1. The van der Waals surface area contributed by atoms with Gasteiger partial charge < -0.3 is 64.5 Å². The van der Waals surface area contributed by atoms with E-state index in [0.29, 0.717) is 18.4 Å². The van der Waals surface area contributed by atoms with E-state index in [2.05, 4.69) is 6.58 Å². The molecule has 14 heteroatoms. The lowest BCUT2D eigenvalue weighted by atomic mass is 9.85. The van der Waals surface area contributed by atoms with Crippen LogP contribution in [0.15, 0.2) is 24.0 Å². The second-order valence-corrected chi connectivity index (χ2v) is 9.34. The highest BCUT2D eigenvalue weighted by molar-refractivity contribution is 5.89. The molecule has 13 atom stereocenters. The maximum atomic E-state index is 13.0. The first-order chi connectivity index (χ1) is 17.1. The zero-order valence-corrected chi connectivity index (χ0v) is 19.1. The van der Waals surface area contributed by atoms with Gasteiger partial charge in [-0.3, -0.25) is 0 Å². The van der Waals surface area contributed by atoms with Crippen LogP contribution in [0.4, 0.5) is 0 Å². The van der Waals surface area contributed by atoms with Crippen LogP contribution in [0.5, 0.6) is 0 Å². The summed E-state index contributed by atoms with van der Waals surface area (Å²) in [7, 11) is 0. The molecule has 0 bridgehead atoms. The second kappa shape index (κ2) is 11.0. The predicted octanol–water partition coefficient (Wildman–Crippen LogP) is -4.03. The maximum absolute atomic E-state index is 13.0. The molecule has 36 heavy (non-hydrogen) atoms. The highest BCUT2D eigenvalue weighted by Gasteiger charge is 2.51. The van der Waals surface area contributed by atoms with Crippen molar-refractivity contribution in [1.29, 1.82) is 0 Å². The average molecular weight is 520 g/mol. The number of esters is 1. The molecule has 0 radical (unpaired) electrons. The van der Waals surface area contributed by atoms with Gasteiger partial charge in [0.25, 0.3) is 0 Å². The van der Waals surface area contributed by atoms with E-state index in [4.69, 9.17) is 23.7 Å². The maximum Gasteiger partial charge on any atom is 0.339 e. The minimum atomic E-state index is -1.77. The molecule has 13 unspecified atom stereocenters. The van der Waals surface area contributed by atoms with Crippen LogP contribution in [-0.4, -0.2) is 128 Å². The Labute approximate surface area is 205 Å². The van der Waals surface area contributed by atoms with E-state index >= 15 is 0 Å². The van der Waals surface area contributed by atoms with Crippen LogP contribution in [-0.2, 0) is 28.5 Å². The fourth-order valence-electron chi connectivity index (χ4n) is 4.98. The van der Waals surface area contributed by atoms with Gasteiger partial charge >= 0.3 is 5.97 Å². The first-order valence-electron chi connectivity index (χ1n) is 11.6. The Morgan fingerprint density at radius 2 is 1.42 bits per heavy atom. The second-order valence-electron chi connectivity index (χ2n) is 9.34. The van der Waals surface area contributed by atoms with E-state index in [9.17, 15) is 45.6 Å². The molecular formula is C22H32O14. The Morgan fingerprint density at radius 3 is 2.00 bits per heavy atom. The van der Waals surface area contributed by atoms with Crippen molar-refractivity contribution in [3.05, 3.63) is 24.0 Å². The van der Waals surface area contributed by atoms with Crippen LogP contribution >= 0.6 is 0 Å². The van der Waals surface area contributed by atoms with Crippen molar-refractivity contribution in [2.24, 2.45) is 11.8 Å². The van der Waals surface area contributed by atoms with Crippen LogP contribution in [0, 0.1) is 11.8 Å². The molecule has 0 spiro atoms. The highest BCUT2D eigenvalue weighted by Crippen LogP contribution is 2.47. The molecule has 1 aliphatic carbocycles. The smallest absolute Gasteiger partial charge is 0.339 e. The minimum absolute atomic E-state index is 0.0595. The molecule has 204 valence electrons. The summed E-state index contributed by atoms with van der Waals surface area (Å²) in [4.78, 5) is 13.0. The zero-order valence-electron chi connectivity index (χ0n) is 19.1. The molecule has 3 fully saturated rings. The molecule has 2 saturated heterocycles. The fourth-order valence-corrected chi connectivity index (χ4v) is 4.98. The lowest BCUT2D eigenvalue weighted by Gasteiger charge is -2.43. The van der Waals surface area contributed by atoms with E-state index in [1.165, 1.54) is 0 Å². The van der Waals surface area contributed by atoms with Gasteiger partial charge in [0.1, 0.15) is 48.8 Å². The van der Waals surface area contributed by atoms with Crippen LogP contribution < -0.4 is 0 Å². The summed E-state index contributed by atoms with van der Waals surface area (Å²) in [5.74, 6) is -2.05. The third-order valence-electron chi connectivity index (χ3n) is 7.13. The van der Waals surface area contributed by atoms with Crippen molar-refractivity contribution in [3.63, 3.8) is 0 Å². The topological polar surface area (TPSA) is 225 Å². The first kappa shape index (κ1) is 27.3. The minimum Gasteiger partial charge on any atom is -0.471 e. The van der Waals surface area contributed by atoms with E-state index in [-0.39, 0.29) is 5.57 Å². The van der Waals surface area contributed by atoms with Crippen LogP contribution in [0.3, 0.4) is 0 Å². The quantitative estimate of drug-likeness (QED) is 0.123. The molecule has 3 aliphatic heterocycles. The summed E-state index contributed by atoms with van der Waals surface area (Å²) < 4.78 is 27.2. The van der Waals surface area contributed by atoms with E-state index in [1.54, 1.807) is 0 Å². The molecule has 4 aliphatic rings. The Hall–Kier alpha value is -1.69. The molecule has 14 nitrogen and oxygen atoms in total. The molecule has 0 aromatic carbocycles. The molecular weight excluding hydrogens is 488 g/mol. The van der Waals surface area contributed by atoms with Crippen LogP contribution in [0.2, 0.25) is 0 Å². The van der Waals surface area contributed by atoms with Crippen molar-refractivity contribution >= 4 is 5.97 Å². The monoisotopic (exact) mass is 520 g/mol. The van der Waals surface area contributed by atoms with Gasteiger partial charge in [-0.2, -0.15) is 0 Å². The summed E-state index contributed by atoms with van der Waals surface area (Å²) in [5, 5.41) is 78.9. The number of hydrogen-bond acceptors (Lipinski definition) is 14. The standard InChI is InChI=1S/C22H32O14/c1-7-2-3-8-9(19(31)35-21-17(29)15(27)13(25)10(4-23)33-21)6-32-20(12(7)8)36-22-18(30)16(28)14(26)11(5-24)34-22/h6,8,10-18,20-30H,1-5H2. The molecule has 0 amide bonds. The van der Waals surface area contributed by atoms with Crippen molar-refractivity contribution in [2.45, 2.75) is 80.5 Å². The fraction of sp³-hybridized carbons (Fsp3) is 0.773. The van der Waals surface area contributed by atoms with Gasteiger partial charge in [0.2, 0.25) is 12.6 Å². The Kier molecular flexibility index (Phi) is 8.33. The number of aliphatic hydroxyl groups is 8. The van der Waals surface area contributed by atoms with Gasteiger partial charge in [-0.05, 0) is 12.8 Å². The highest BCUT2D eigenvalue weighted by atomic mass is 16.8. The number of carbonyl (C=O) groups is 1. The van der Waals surface area contributed by atoms with Crippen molar-refractivity contribution in [1.82, 2.24) is 0 Å². The summed E-state index contributed by atoms with van der Waals surface area (Å²) in [6.07, 6.45) is -14.6. The third kappa shape index (κ3) is 4.91. The van der Waals surface area contributed by atoms with Gasteiger partial charge in [0, 0.05) is 11.8 Å². The van der Waals surface area contributed by atoms with Gasteiger partial charge in [-0.1, -0.05) is 12.2 Å². The van der Waals surface area contributed by atoms with Gasteiger partial charge in [-0.15, -0.1) is 0 Å².